The molecule has 2 N–H and O–H groups in total. The van der Waals surface area contributed by atoms with E-state index in [4.69, 9.17) is 9.98 Å². The van der Waals surface area contributed by atoms with Crippen LogP contribution in [0.5, 0.6) is 11.5 Å². The maximum atomic E-state index is 10.7. The zero-order valence-electron chi connectivity index (χ0n) is 21.4. The van der Waals surface area contributed by atoms with Crippen molar-refractivity contribution < 1.29 is 102 Å². The summed E-state index contributed by atoms with van der Waals surface area (Å²) in [7, 11) is 0. The van der Waals surface area contributed by atoms with E-state index in [1.807, 2.05) is 74.8 Å². The summed E-state index contributed by atoms with van der Waals surface area (Å²) < 4.78 is 0. The zero-order chi connectivity index (χ0) is 23.7. The summed E-state index contributed by atoms with van der Waals surface area (Å²) in [6.45, 7) is 3.89. The molecule has 1 aliphatic carbocycles. The van der Waals surface area contributed by atoms with Gasteiger partial charge in [0.2, 0.25) is 0 Å². The molecule has 182 valence electrons. The molecular weight excluding hydrogens is 689 g/mol. The monoisotopic (exact) mass is 718 g/mol. The van der Waals surface area contributed by atoms with Crippen LogP contribution in [0, 0.1) is 13.8 Å². The maximum absolute atomic E-state index is 10.7. The van der Waals surface area contributed by atoms with Crippen LogP contribution in [0.25, 0.3) is 21.5 Å². The fraction of sp³-hybridized carbons (Fsp3) is 0.267. The average molecular weight is 720 g/mol. The number of phenols is 2. The molecule has 0 unspecified atom stereocenters. The van der Waals surface area contributed by atoms with Crippen molar-refractivity contribution in [2.75, 3.05) is 0 Å². The molecule has 2 radical (unpaired) electrons. The molecule has 2 atom stereocenters. The van der Waals surface area contributed by atoms with Crippen molar-refractivity contribution in [1.29, 1.82) is 0 Å². The summed E-state index contributed by atoms with van der Waals surface area (Å²) in [6.07, 6.45) is 7.80. The molecule has 0 spiro atoms. The van der Waals surface area contributed by atoms with Crippen LogP contribution < -0.4 is 0 Å². The van der Waals surface area contributed by atoms with Crippen LogP contribution in [-0.4, -0.2) is 34.7 Å². The number of aryl methyl sites for hydroxylation is 2. The predicted octanol–water partition coefficient (Wildman–Crippen LogP) is 6.86. The number of aromatic hydroxyl groups is 2. The van der Waals surface area contributed by atoms with Gasteiger partial charge in [-0.05, 0) is 71.5 Å². The summed E-state index contributed by atoms with van der Waals surface area (Å²) in [4.78, 5) is 9.77. The molecule has 1 fully saturated rings. The van der Waals surface area contributed by atoms with Crippen LogP contribution in [-0.2, 0) is 91.6 Å². The Kier molecular flexibility index (Phi) is 13.0. The fourth-order valence-corrected chi connectivity index (χ4v) is 5.08. The predicted molar refractivity (Wildman–Crippen MR) is 142 cm³/mol. The van der Waals surface area contributed by atoms with Crippen LogP contribution in [0.3, 0.4) is 0 Å². The summed E-state index contributed by atoms with van der Waals surface area (Å²) in [5.74, 6) is 0.574. The van der Waals surface area contributed by atoms with E-state index in [-0.39, 0.29) is 115 Å². The first kappa shape index (κ1) is 32.6. The molecule has 0 heterocycles. The van der Waals surface area contributed by atoms with Gasteiger partial charge < -0.3 is 10.2 Å². The molecule has 0 amide bonds. The van der Waals surface area contributed by atoms with Gasteiger partial charge in [-0.25, -0.2) is 0 Å². The average Bonchev–Trinajstić information content (AvgIpc) is 2.87. The Morgan fingerprint density at radius 3 is 1.46 bits per heavy atom. The van der Waals surface area contributed by atoms with Crippen LogP contribution in [0.15, 0.2) is 70.6 Å². The Morgan fingerprint density at radius 2 is 1.05 bits per heavy atom. The third kappa shape index (κ3) is 7.15. The zero-order valence-corrected chi connectivity index (χ0v) is 29.5. The van der Waals surface area contributed by atoms with Gasteiger partial charge in [0.05, 0.1) is 12.1 Å². The van der Waals surface area contributed by atoms with Gasteiger partial charge in [-0.15, -0.1) is 0 Å². The number of hydrogen-bond donors (Lipinski definition) is 2. The summed E-state index contributed by atoms with van der Waals surface area (Å²) in [6, 6.07) is 20.3. The Hall–Kier alpha value is -0.569. The van der Waals surface area contributed by atoms with E-state index >= 15 is 0 Å². The van der Waals surface area contributed by atoms with E-state index in [1.54, 1.807) is 0 Å². The molecule has 4 aromatic carbocycles. The smallest absolute Gasteiger partial charge is 0.127 e. The van der Waals surface area contributed by atoms with E-state index in [0.29, 0.717) is 0 Å². The number of phenolic OH excluding ortho intramolecular Hbond substituents is 2. The van der Waals surface area contributed by atoms with Crippen LogP contribution in [0.2, 0.25) is 0 Å². The Labute approximate surface area is 288 Å². The summed E-state index contributed by atoms with van der Waals surface area (Å²) >= 11 is 0. The second kappa shape index (κ2) is 14.7. The molecule has 0 aliphatic heterocycles. The van der Waals surface area contributed by atoms with Crippen molar-refractivity contribution in [3.05, 3.63) is 82.9 Å². The summed E-state index contributed by atoms with van der Waals surface area (Å²) in [5, 5.41) is 25.8. The third-order valence-electron chi connectivity index (χ3n) is 7.11. The van der Waals surface area contributed by atoms with Gasteiger partial charge >= 0.3 is 0 Å². The first-order valence-electron chi connectivity index (χ1n) is 12.0. The SMILES string of the molecule is Cc1c(O)c(C=N[C@@H]2CCCC[C@H]2N=Cc2cc3ccccc3c(C)c2O)cc2ccccc12.[Y].[Y].[Zr]. The summed E-state index contributed by atoms with van der Waals surface area (Å²) in [5.41, 5.74) is 3.24. The molecule has 7 heteroatoms. The van der Waals surface area contributed by atoms with E-state index in [9.17, 15) is 10.2 Å². The van der Waals surface area contributed by atoms with Gasteiger partial charge in [0.25, 0.3) is 0 Å². The Balaban J connectivity index is 0.00000160. The molecule has 0 saturated heterocycles. The largest absolute Gasteiger partial charge is 0.507 e. The van der Waals surface area contributed by atoms with Gasteiger partial charge in [-0.3, -0.25) is 9.98 Å². The topological polar surface area (TPSA) is 65.2 Å². The molecule has 1 aliphatic rings. The van der Waals surface area contributed by atoms with Gasteiger partial charge in [0, 0.05) is 115 Å². The fourth-order valence-electron chi connectivity index (χ4n) is 5.08. The standard InChI is InChI=1S/C30H30N2O2.2Y.Zr/c1-19-25-11-5-3-9-21(25)15-23(29(19)33)17-31-27-13-7-8-14-28(27)32-18-24-16-22-10-4-6-12-26(22)20(2)30(24)34;;;/h3-6,9-12,15-18,27-28,33-34H,7-8,13-14H2,1-2H3;;;/t27-,28-;;;/m1.../s1. The van der Waals surface area contributed by atoms with Crippen molar-refractivity contribution in [1.82, 2.24) is 0 Å². The maximum Gasteiger partial charge on any atom is 0.127 e. The van der Waals surface area contributed by atoms with E-state index in [0.717, 1.165) is 69.5 Å². The molecule has 1 saturated carbocycles. The quantitative estimate of drug-likeness (QED) is 0.227. The van der Waals surface area contributed by atoms with Crippen molar-refractivity contribution in [2.24, 2.45) is 9.98 Å². The van der Waals surface area contributed by atoms with Gasteiger partial charge in [0.1, 0.15) is 11.5 Å². The first-order valence-corrected chi connectivity index (χ1v) is 12.0. The van der Waals surface area contributed by atoms with Crippen molar-refractivity contribution in [3.8, 4) is 11.5 Å². The number of nitrogens with zero attached hydrogens (tertiary/aromatic N) is 2. The van der Waals surface area contributed by atoms with E-state index < -0.39 is 0 Å². The normalized spacial score (nSPS) is 17.5. The van der Waals surface area contributed by atoms with Crippen LogP contribution in [0.1, 0.15) is 47.9 Å². The molecule has 4 nitrogen and oxygen atoms in total. The van der Waals surface area contributed by atoms with E-state index in [2.05, 4.69) is 12.1 Å². The second-order valence-corrected chi connectivity index (χ2v) is 9.30. The van der Waals surface area contributed by atoms with Crippen molar-refractivity contribution >= 4 is 34.0 Å². The molecule has 0 bridgehead atoms. The molecule has 5 rings (SSSR count). The van der Waals surface area contributed by atoms with Gasteiger partial charge in [0.15, 0.2) is 0 Å². The Bertz CT molecular complexity index is 1330. The number of fused-ring (bicyclic) bond motifs is 2. The van der Waals surface area contributed by atoms with Gasteiger partial charge in [-0.1, -0.05) is 61.4 Å². The minimum atomic E-state index is 0. The Morgan fingerprint density at radius 1 is 0.676 bits per heavy atom. The minimum Gasteiger partial charge on any atom is -0.507 e. The van der Waals surface area contributed by atoms with Crippen LogP contribution >= 0.6 is 0 Å². The van der Waals surface area contributed by atoms with Crippen LogP contribution in [0.4, 0.5) is 0 Å². The van der Waals surface area contributed by atoms with Gasteiger partial charge in [-0.2, -0.15) is 0 Å². The number of rotatable bonds is 4. The molecule has 37 heavy (non-hydrogen) atoms. The van der Waals surface area contributed by atoms with Crippen molar-refractivity contribution in [3.63, 3.8) is 0 Å². The second-order valence-electron chi connectivity index (χ2n) is 9.30. The number of hydrogen-bond acceptors (Lipinski definition) is 4. The third-order valence-corrected chi connectivity index (χ3v) is 7.11. The minimum absolute atomic E-state index is 0. The molecule has 0 aromatic heterocycles. The molecule has 4 aromatic rings. The number of aliphatic imine (C=N–C) groups is 2. The van der Waals surface area contributed by atoms with E-state index in [1.165, 1.54) is 0 Å². The number of benzene rings is 4. The first-order chi connectivity index (χ1) is 16.5. The molecular formula is C30H30N2O2Y2Zr. The van der Waals surface area contributed by atoms with Crippen molar-refractivity contribution in [2.45, 2.75) is 51.6 Å².